The van der Waals surface area contributed by atoms with Gasteiger partial charge in [-0.15, -0.1) is 11.3 Å². The first-order valence-corrected chi connectivity index (χ1v) is 8.44. The van der Waals surface area contributed by atoms with E-state index in [9.17, 15) is 14.4 Å². The van der Waals surface area contributed by atoms with E-state index in [0.717, 1.165) is 10.7 Å². The number of rotatable bonds is 2. The molecule has 8 heteroatoms. The fourth-order valence-electron chi connectivity index (χ4n) is 2.84. The van der Waals surface area contributed by atoms with Gasteiger partial charge in [-0.3, -0.25) is 14.9 Å². The van der Waals surface area contributed by atoms with Crippen LogP contribution in [0, 0.1) is 0 Å². The average Bonchev–Trinajstić information content (AvgIpc) is 3.10. The third kappa shape index (κ3) is 2.95. The molecule has 1 aromatic rings. The number of carbonyl (C=O) groups excluding carboxylic acids is 3. The quantitative estimate of drug-likeness (QED) is 0.781. The van der Waals surface area contributed by atoms with Crippen LogP contribution in [0.15, 0.2) is 5.38 Å². The first kappa shape index (κ1) is 15.9. The molecule has 2 N–H and O–H groups in total. The molecule has 0 aliphatic carbocycles. The van der Waals surface area contributed by atoms with Crippen molar-refractivity contribution in [1.29, 1.82) is 0 Å². The fraction of sp³-hybridized carbons (Fsp3) is 0.600. The van der Waals surface area contributed by atoms with Gasteiger partial charge in [-0.2, -0.15) is 0 Å². The van der Waals surface area contributed by atoms with Gasteiger partial charge in [0.25, 0.3) is 5.91 Å². The van der Waals surface area contributed by atoms with Crippen molar-refractivity contribution in [2.75, 3.05) is 13.1 Å². The van der Waals surface area contributed by atoms with Crippen molar-refractivity contribution in [3.63, 3.8) is 0 Å². The first-order valence-electron chi connectivity index (χ1n) is 7.56. The van der Waals surface area contributed by atoms with Gasteiger partial charge in [0.2, 0.25) is 5.91 Å². The summed E-state index contributed by atoms with van der Waals surface area (Å²) in [6.45, 7) is 6.94. The summed E-state index contributed by atoms with van der Waals surface area (Å²) >= 11 is 1.56. The van der Waals surface area contributed by atoms with Crippen molar-refractivity contribution in [2.45, 2.75) is 44.6 Å². The van der Waals surface area contributed by atoms with Crippen LogP contribution < -0.4 is 10.6 Å². The third-order valence-electron chi connectivity index (χ3n) is 4.16. The zero-order valence-electron chi connectivity index (χ0n) is 13.4. The van der Waals surface area contributed by atoms with E-state index in [1.165, 1.54) is 0 Å². The van der Waals surface area contributed by atoms with E-state index in [0.29, 0.717) is 13.0 Å². The molecule has 23 heavy (non-hydrogen) atoms. The number of hydrogen-bond donors (Lipinski definition) is 2. The minimum absolute atomic E-state index is 0.0319. The molecule has 0 saturated carbocycles. The number of urea groups is 1. The second-order valence-electron chi connectivity index (χ2n) is 7.13. The predicted octanol–water partition coefficient (Wildman–Crippen LogP) is 0.794. The molecular weight excluding hydrogens is 316 g/mol. The topological polar surface area (TPSA) is 91.4 Å². The van der Waals surface area contributed by atoms with Crippen LogP contribution in [0.4, 0.5) is 4.79 Å². The highest BCUT2D eigenvalue weighted by Gasteiger charge is 2.51. The summed E-state index contributed by atoms with van der Waals surface area (Å²) in [5.74, 6) is -0.414. The summed E-state index contributed by atoms with van der Waals surface area (Å²) in [6.07, 6.45) is 0.666. The van der Waals surface area contributed by atoms with Crippen molar-refractivity contribution >= 4 is 29.2 Å². The Bertz CT molecular complexity index is 679. The van der Waals surface area contributed by atoms with Gasteiger partial charge in [0.05, 0.1) is 23.7 Å². The Kier molecular flexibility index (Phi) is 3.66. The number of likely N-dealkylation sites (tertiary alicyclic amines) is 1. The first-order chi connectivity index (χ1) is 10.7. The minimum Gasteiger partial charge on any atom is -0.339 e. The maximum Gasteiger partial charge on any atom is 0.322 e. The Hall–Kier alpha value is -1.96. The number of nitrogens with zero attached hydrogens (tertiary/aromatic N) is 2. The van der Waals surface area contributed by atoms with Gasteiger partial charge >= 0.3 is 6.03 Å². The molecule has 0 radical (unpaired) electrons. The van der Waals surface area contributed by atoms with E-state index >= 15 is 0 Å². The average molecular weight is 336 g/mol. The normalized spacial score (nSPS) is 24.2. The van der Waals surface area contributed by atoms with Gasteiger partial charge < -0.3 is 10.2 Å². The van der Waals surface area contributed by atoms with E-state index in [2.05, 4.69) is 36.4 Å². The second-order valence-corrected chi connectivity index (χ2v) is 7.98. The summed E-state index contributed by atoms with van der Waals surface area (Å²) in [7, 11) is 0. The fourth-order valence-corrected chi connectivity index (χ4v) is 3.74. The largest absolute Gasteiger partial charge is 0.339 e. The molecule has 7 nitrogen and oxygen atoms in total. The molecule has 1 atom stereocenters. The minimum atomic E-state index is -0.953. The van der Waals surface area contributed by atoms with Crippen LogP contribution in [-0.4, -0.2) is 46.4 Å². The lowest BCUT2D eigenvalue weighted by atomic mass is 9.98. The summed E-state index contributed by atoms with van der Waals surface area (Å²) in [6, 6.07) is -0.487. The molecule has 3 heterocycles. The number of nitrogens with one attached hydrogen (secondary N) is 2. The SMILES string of the molecule is CC(C)(C)c1nc(CC(=O)N2CC[C@]3(C2)NC(=O)NC3=O)cs1. The zero-order valence-corrected chi connectivity index (χ0v) is 14.2. The molecule has 2 aliphatic heterocycles. The summed E-state index contributed by atoms with van der Waals surface area (Å²) in [4.78, 5) is 41.8. The van der Waals surface area contributed by atoms with Crippen LogP contribution >= 0.6 is 11.3 Å². The standard InChI is InChI=1S/C15H20N4O3S/c1-14(2,3)12-16-9(7-23-12)6-10(20)19-5-4-15(8-19)11(21)17-13(22)18-15/h7H,4-6,8H2,1-3H3,(H2,17,18,21,22)/t15-/m1/s1. The summed E-state index contributed by atoms with van der Waals surface area (Å²) < 4.78 is 0. The van der Waals surface area contributed by atoms with Crippen LogP contribution in [0.3, 0.4) is 0 Å². The number of aromatic nitrogens is 1. The van der Waals surface area contributed by atoms with Gasteiger partial charge in [-0.25, -0.2) is 9.78 Å². The Morgan fingerprint density at radius 3 is 2.74 bits per heavy atom. The smallest absolute Gasteiger partial charge is 0.322 e. The Morgan fingerprint density at radius 2 is 2.17 bits per heavy atom. The van der Waals surface area contributed by atoms with Gasteiger partial charge in [0, 0.05) is 17.3 Å². The lowest BCUT2D eigenvalue weighted by Crippen LogP contribution is -2.49. The molecule has 0 unspecified atom stereocenters. The van der Waals surface area contributed by atoms with Crippen molar-refractivity contribution < 1.29 is 14.4 Å². The molecular formula is C15H20N4O3S. The van der Waals surface area contributed by atoms with E-state index in [1.54, 1.807) is 16.2 Å². The number of carbonyl (C=O) groups is 3. The highest BCUT2D eigenvalue weighted by molar-refractivity contribution is 7.09. The molecule has 0 bridgehead atoms. The number of hydrogen-bond acceptors (Lipinski definition) is 5. The molecule has 4 amide bonds. The summed E-state index contributed by atoms with van der Waals surface area (Å²) in [5, 5.41) is 7.80. The highest BCUT2D eigenvalue weighted by Crippen LogP contribution is 2.27. The number of imide groups is 1. The molecule has 2 saturated heterocycles. The molecule has 0 aromatic carbocycles. The Balaban J connectivity index is 1.65. The monoisotopic (exact) mass is 336 g/mol. The van der Waals surface area contributed by atoms with Gasteiger partial charge in [0.1, 0.15) is 5.54 Å². The predicted molar refractivity (Wildman–Crippen MR) is 85.1 cm³/mol. The number of thiazole rings is 1. The summed E-state index contributed by atoms with van der Waals surface area (Å²) in [5.41, 5.74) is -0.229. The molecule has 1 spiro atoms. The molecule has 1 aromatic heterocycles. The molecule has 124 valence electrons. The third-order valence-corrected chi connectivity index (χ3v) is 5.48. The van der Waals surface area contributed by atoms with Crippen LogP contribution in [0.25, 0.3) is 0 Å². The highest BCUT2D eigenvalue weighted by atomic mass is 32.1. The lowest BCUT2D eigenvalue weighted by Gasteiger charge is -2.20. The van der Waals surface area contributed by atoms with Crippen molar-refractivity contribution in [2.24, 2.45) is 0 Å². The van der Waals surface area contributed by atoms with E-state index in [1.807, 2.05) is 5.38 Å². The van der Waals surface area contributed by atoms with Crippen LogP contribution in [0.5, 0.6) is 0 Å². The molecule has 2 aliphatic rings. The Labute approximate surface area is 138 Å². The maximum atomic E-state index is 12.4. The van der Waals surface area contributed by atoms with Crippen molar-refractivity contribution in [3.8, 4) is 0 Å². The number of amides is 4. The molecule has 3 rings (SSSR count). The van der Waals surface area contributed by atoms with Crippen molar-refractivity contribution in [1.82, 2.24) is 20.5 Å². The van der Waals surface area contributed by atoms with Crippen LogP contribution in [-0.2, 0) is 21.4 Å². The van der Waals surface area contributed by atoms with E-state index in [-0.39, 0.29) is 30.2 Å². The van der Waals surface area contributed by atoms with E-state index in [4.69, 9.17) is 0 Å². The molecule has 2 fully saturated rings. The van der Waals surface area contributed by atoms with Gasteiger partial charge in [-0.1, -0.05) is 20.8 Å². The van der Waals surface area contributed by atoms with E-state index < -0.39 is 11.6 Å². The lowest BCUT2D eigenvalue weighted by molar-refractivity contribution is -0.130. The van der Waals surface area contributed by atoms with Crippen LogP contribution in [0.2, 0.25) is 0 Å². The van der Waals surface area contributed by atoms with Gasteiger partial charge in [0.15, 0.2) is 0 Å². The zero-order chi connectivity index (χ0) is 16.8. The Morgan fingerprint density at radius 1 is 1.43 bits per heavy atom. The van der Waals surface area contributed by atoms with Crippen molar-refractivity contribution in [3.05, 3.63) is 16.1 Å². The van der Waals surface area contributed by atoms with Crippen LogP contribution in [0.1, 0.15) is 37.9 Å². The second kappa shape index (κ2) is 5.30. The maximum absolute atomic E-state index is 12.4. The van der Waals surface area contributed by atoms with Gasteiger partial charge in [-0.05, 0) is 6.42 Å².